The number of carbonyl (C=O) groups is 1. The van der Waals surface area contributed by atoms with Gasteiger partial charge in [0, 0.05) is 30.1 Å². The highest BCUT2D eigenvalue weighted by molar-refractivity contribution is 5.74. The van der Waals surface area contributed by atoms with E-state index >= 15 is 0 Å². The number of primary amides is 1. The number of phenols is 1. The van der Waals surface area contributed by atoms with E-state index < -0.39 is 28.9 Å². The van der Waals surface area contributed by atoms with Crippen LogP contribution in [-0.4, -0.2) is 41.1 Å². The van der Waals surface area contributed by atoms with Crippen molar-refractivity contribution in [3.63, 3.8) is 0 Å². The van der Waals surface area contributed by atoms with E-state index in [9.17, 15) is 18.7 Å². The highest BCUT2D eigenvalue weighted by atomic mass is 19.1. The molecule has 33 heavy (non-hydrogen) atoms. The fraction of sp³-hybridized carbons (Fsp3) is 0.261. The molecule has 1 amide bonds. The van der Waals surface area contributed by atoms with Gasteiger partial charge in [-0.3, -0.25) is 0 Å². The lowest BCUT2D eigenvalue weighted by atomic mass is 9.73. The summed E-state index contributed by atoms with van der Waals surface area (Å²) in [6.45, 7) is 1.22. The standard InChI is InChI=1S/C23H23F2N5O3/c24-15-10-16(20(31)17(25)11-15)18-12-19(21(26)29-28-18)30-8-6-23(7-9-30,13-33-22(27)32)14-4-2-1-3-5-14/h1-5,10-12,31H,6-9,13H2,(H2,26,29)(H2,27,32). The Labute approximate surface area is 188 Å². The number of ether oxygens (including phenoxy) is 1. The number of hydrogen-bond acceptors (Lipinski definition) is 7. The number of piperidine rings is 1. The van der Waals surface area contributed by atoms with Crippen LogP contribution in [0.5, 0.6) is 5.75 Å². The molecule has 0 radical (unpaired) electrons. The SMILES string of the molecule is NC(=O)OCC1(c2ccccc2)CCN(c2cc(-c3cc(F)cc(F)c3O)nnc2N)CC1. The summed E-state index contributed by atoms with van der Waals surface area (Å²) in [6, 6.07) is 12.9. The van der Waals surface area contributed by atoms with Crippen molar-refractivity contribution in [2.45, 2.75) is 18.3 Å². The number of amides is 1. The van der Waals surface area contributed by atoms with Crippen molar-refractivity contribution in [2.75, 3.05) is 30.3 Å². The second kappa shape index (κ2) is 8.89. The van der Waals surface area contributed by atoms with Crippen LogP contribution in [0.3, 0.4) is 0 Å². The summed E-state index contributed by atoms with van der Waals surface area (Å²) in [6.07, 6.45) is 0.421. The van der Waals surface area contributed by atoms with Gasteiger partial charge >= 0.3 is 6.09 Å². The summed E-state index contributed by atoms with van der Waals surface area (Å²) >= 11 is 0. The van der Waals surface area contributed by atoms with Crippen LogP contribution in [0.4, 0.5) is 25.1 Å². The number of rotatable bonds is 5. The van der Waals surface area contributed by atoms with Gasteiger partial charge in [-0.25, -0.2) is 13.6 Å². The van der Waals surface area contributed by atoms with Gasteiger partial charge in [-0.15, -0.1) is 10.2 Å². The van der Waals surface area contributed by atoms with Crippen molar-refractivity contribution in [2.24, 2.45) is 5.73 Å². The van der Waals surface area contributed by atoms with E-state index in [1.165, 1.54) is 0 Å². The molecular formula is C23H23F2N5O3. The predicted octanol–water partition coefficient (Wildman–Crippen LogP) is 3.34. The molecule has 1 aliphatic heterocycles. The summed E-state index contributed by atoms with van der Waals surface area (Å²) in [5.41, 5.74) is 12.4. The molecule has 0 spiro atoms. The fourth-order valence-corrected chi connectivity index (χ4v) is 4.23. The quantitative estimate of drug-likeness (QED) is 0.538. The third-order valence-electron chi connectivity index (χ3n) is 6.04. The van der Waals surface area contributed by atoms with Gasteiger partial charge in [0.1, 0.15) is 12.4 Å². The van der Waals surface area contributed by atoms with E-state index in [1.807, 2.05) is 35.2 Å². The average Bonchev–Trinajstić information content (AvgIpc) is 2.81. The van der Waals surface area contributed by atoms with Crippen LogP contribution in [0.15, 0.2) is 48.5 Å². The van der Waals surface area contributed by atoms with Crippen molar-refractivity contribution < 1.29 is 23.4 Å². The van der Waals surface area contributed by atoms with E-state index in [1.54, 1.807) is 6.07 Å². The number of carbonyl (C=O) groups excluding carboxylic acids is 1. The van der Waals surface area contributed by atoms with E-state index in [0.29, 0.717) is 37.7 Å². The predicted molar refractivity (Wildman–Crippen MR) is 119 cm³/mol. The fourth-order valence-electron chi connectivity index (χ4n) is 4.23. The highest BCUT2D eigenvalue weighted by Crippen LogP contribution is 2.39. The monoisotopic (exact) mass is 455 g/mol. The number of halogens is 2. The van der Waals surface area contributed by atoms with Gasteiger partial charge in [-0.1, -0.05) is 30.3 Å². The average molecular weight is 455 g/mol. The molecule has 5 N–H and O–H groups in total. The Kier molecular flexibility index (Phi) is 5.99. The van der Waals surface area contributed by atoms with E-state index in [-0.39, 0.29) is 23.7 Å². The molecule has 0 atom stereocenters. The van der Waals surface area contributed by atoms with Gasteiger partial charge in [0.2, 0.25) is 0 Å². The van der Waals surface area contributed by atoms with E-state index in [2.05, 4.69) is 10.2 Å². The van der Waals surface area contributed by atoms with Crippen LogP contribution in [0, 0.1) is 11.6 Å². The zero-order chi connectivity index (χ0) is 23.6. The number of nitrogens with zero attached hydrogens (tertiary/aromatic N) is 3. The third-order valence-corrected chi connectivity index (χ3v) is 6.04. The van der Waals surface area contributed by atoms with Gasteiger partial charge in [0.15, 0.2) is 17.4 Å². The largest absolute Gasteiger partial charge is 0.504 e. The molecule has 2 heterocycles. The van der Waals surface area contributed by atoms with Crippen molar-refractivity contribution in [3.8, 4) is 17.0 Å². The normalized spacial score (nSPS) is 15.3. The number of hydrogen-bond donors (Lipinski definition) is 3. The molecule has 0 saturated carbocycles. The second-order valence-electron chi connectivity index (χ2n) is 8.02. The lowest BCUT2D eigenvalue weighted by Gasteiger charge is -2.42. The van der Waals surface area contributed by atoms with Crippen LogP contribution >= 0.6 is 0 Å². The van der Waals surface area contributed by atoms with Gasteiger partial charge in [0.05, 0.1) is 11.4 Å². The van der Waals surface area contributed by atoms with Crippen molar-refractivity contribution in [1.29, 1.82) is 0 Å². The Morgan fingerprint density at radius 1 is 1.12 bits per heavy atom. The summed E-state index contributed by atoms with van der Waals surface area (Å²) in [5, 5.41) is 17.9. The minimum atomic E-state index is -1.09. The Bertz CT molecular complexity index is 1170. The minimum Gasteiger partial charge on any atom is -0.504 e. The smallest absolute Gasteiger partial charge is 0.404 e. The zero-order valence-corrected chi connectivity index (χ0v) is 17.7. The molecular weight excluding hydrogens is 432 g/mol. The molecule has 3 aromatic rings. The molecule has 0 unspecified atom stereocenters. The molecule has 10 heteroatoms. The first-order valence-electron chi connectivity index (χ1n) is 10.3. The lowest BCUT2D eigenvalue weighted by molar-refractivity contribution is 0.112. The Hall–Kier alpha value is -3.95. The number of anilines is 2. The minimum absolute atomic E-state index is 0.0899. The topological polar surface area (TPSA) is 128 Å². The van der Waals surface area contributed by atoms with Crippen LogP contribution in [0.1, 0.15) is 18.4 Å². The summed E-state index contributed by atoms with van der Waals surface area (Å²) in [4.78, 5) is 13.3. The molecule has 1 fully saturated rings. The molecule has 2 aromatic carbocycles. The molecule has 1 aromatic heterocycles. The van der Waals surface area contributed by atoms with Crippen molar-refractivity contribution in [1.82, 2.24) is 10.2 Å². The van der Waals surface area contributed by atoms with Gasteiger partial charge in [0.25, 0.3) is 0 Å². The van der Waals surface area contributed by atoms with Gasteiger partial charge < -0.3 is 26.2 Å². The Morgan fingerprint density at radius 2 is 1.82 bits per heavy atom. The first-order valence-corrected chi connectivity index (χ1v) is 10.3. The molecule has 0 bridgehead atoms. The Morgan fingerprint density at radius 3 is 2.48 bits per heavy atom. The second-order valence-corrected chi connectivity index (χ2v) is 8.02. The highest BCUT2D eigenvalue weighted by Gasteiger charge is 2.38. The summed E-state index contributed by atoms with van der Waals surface area (Å²) in [7, 11) is 0. The molecule has 0 aliphatic carbocycles. The van der Waals surface area contributed by atoms with Gasteiger partial charge in [-0.2, -0.15) is 0 Å². The molecule has 1 aliphatic rings. The maximum Gasteiger partial charge on any atom is 0.404 e. The first-order chi connectivity index (χ1) is 15.8. The zero-order valence-electron chi connectivity index (χ0n) is 17.7. The number of nitrogens with two attached hydrogens (primary N) is 2. The van der Waals surface area contributed by atoms with E-state index in [4.69, 9.17) is 16.2 Å². The molecule has 1 saturated heterocycles. The number of aromatic nitrogens is 2. The van der Waals surface area contributed by atoms with Crippen molar-refractivity contribution in [3.05, 3.63) is 65.7 Å². The number of benzene rings is 2. The molecule has 172 valence electrons. The summed E-state index contributed by atoms with van der Waals surface area (Å²) in [5.74, 6) is -2.51. The number of nitrogen functional groups attached to an aromatic ring is 1. The maximum absolute atomic E-state index is 13.8. The number of aromatic hydroxyl groups is 1. The molecule has 4 rings (SSSR count). The summed E-state index contributed by atoms with van der Waals surface area (Å²) < 4.78 is 32.7. The Balaban J connectivity index is 1.62. The lowest BCUT2D eigenvalue weighted by Crippen LogP contribution is -2.46. The van der Waals surface area contributed by atoms with Crippen LogP contribution in [0.25, 0.3) is 11.3 Å². The maximum atomic E-state index is 13.8. The van der Waals surface area contributed by atoms with Crippen LogP contribution in [-0.2, 0) is 10.2 Å². The van der Waals surface area contributed by atoms with Crippen molar-refractivity contribution >= 4 is 17.6 Å². The van der Waals surface area contributed by atoms with Crippen LogP contribution in [0.2, 0.25) is 0 Å². The third kappa shape index (κ3) is 4.50. The first kappa shape index (κ1) is 22.3. The molecule has 8 nitrogen and oxygen atoms in total. The van der Waals surface area contributed by atoms with Crippen LogP contribution < -0.4 is 16.4 Å². The van der Waals surface area contributed by atoms with Gasteiger partial charge in [-0.05, 0) is 30.5 Å². The van der Waals surface area contributed by atoms with E-state index in [0.717, 1.165) is 11.6 Å². The number of phenolic OH excluding ortho intramolecular Hbond substituents is 1.